The van der Waals surface area contributed by atoms with Crippen molar-refractivity contribution in [1.29, 1.82) is 0 Å². The molecule has 30 heavy (non-hydrogen) atoms. The number of aliphatic hydroxyl groups is 1. The number of amides is 1. The van der Waals surface area contributed by atoms with Gasteiger partial charge >= 0.3 is 0 Å². The number of ketones is 1. The van der Waals surface area contributed by atoms with Crippen LogP contribution < -0.4 is 0 Å². The van der Waals surface area contributed by atoms with Crippen molar-refractivity contribution in [2.45, 2.75) is 32.4 Å². The van der Waals surface area contributed by atoms with Crippen molar-refractivity contribution in [1.82, 2.24) is 9.88 Å². The van der Waals surface area contributed by atoms with Gasteiger partial charge in [-0.05, 0) is 46.2 Å². The van der Waals surface area contributed by atoms with Crippen LogP contribution >= 0.6 is 11.3 Å². The maximum atomic E-state index is 13.2. The zero-order valence-electron chi connectivity index (χ0n) is 16.8. The molecule has 1 unspecified atom stereocenters. The van der Waals surface area contributed by atoms with E-state index in [1.807, 2.05) is 41.8 Å². The van der Waals surface area contributed by atoms with Crippen molar-refractivity contribution < 1.29 is 14.7 Å². The quantitative estimate of drug-likeness (QED) is 0.569. The lowest BCUT2D eigenvalue weighted by Gasteiger charge is -2.27. The number of hydrogen-bond acceptors (Lipinski definition) is 5. The molecule has 1 aliphatic heterocycles. The van der Waals surface area contributed by atoms with Crippen LogP contribution in [0.2, 0.25) is 0 Å². The number of Topliss-reactive ketones (excluding diaryl/α,β-unsaturated/α-hetero) is 1. The summed E-state index contributed by atoms with van der Waals surface area (Å²) in [6.07, 6.45) is 3.32. The van der Waals surface area contributed by atoms with Crippen LogP contribution in [-0.4, -0.2) is 26.7 Å². The number of thiophene rings is 1. The molecule has 1 N–H and O–H groups in total. The Morgan fingerprint density at radius 3 is 2.43 bits per heavy atom. The van der Waals surface area contributed by atoms with E-state index in [0.29, 0.717) is 10.8 Å². The Morgan fingerprint density at radius 2 is 1.83 bits per heavy atom. The second-order valence-corrected chi connectivity index (χ2v) is 8.53. The first-order valence-corrected chi connectivity index (χ1v) is 10.7. The zero-order chi connectivity index (χ0) is 21.3. The van der Waals surface area contributed by atoms with E-state index in [1.54, 1.807) is 29.4 Å². The lowest BCUT2D eigenvalue weighted by molar-refractivity contribution is -0.130. The van der Waals surface area contributed by atoms with Crippen LogP contribution in [0.25, 0.3) is 0 Å². The number of rotatable bonds is 6. The van der Waals surface area contributed by atoms with Crippen LogP contribution in [0.4, 0.5) is 0 Å². The Labute approximate surface area is 179 Å². The number of nitrogens with zero attached hydrogens (tertiary/aromatic N) is 2. The molecule has 4 rings (SSSR count). The highest BCUT2D eigenvalue weighted by Gasteiger charge is 2.43. The summed E-state index contributed by atoms with van der Waals surface area (Å²) in [6, 6.07) is 14.4. The van der Waals surface area contributed by atoms with Crippen LogP contribution in [-0.2, 0) is 11.3 Å². The van der Waals surface area contributed by atoms with Crippen LogP contribution in [0.5, 0.6) is 0 Å². The second kappa shape index (κ2) is 8.24. The fraction of sp³-hybridized carbons (Fsp3) is 0.208. The first kappa shape index (κ1) is 20.0. The zero-order valence-corrected chi connectivity index (χ0v) is 17.6. The Morgan fingerprint density at radius 1 is 1.13 bits per heavy atom. The van der Waals surface area contributed by atoms with Crippen molar-refractivity contribution in [2.75, 3.05) is 0 Å². The highest BCUT2D eigenvalue weighted by Crippen LogP contribution is 2.40. The smallest absolute Gasteiger partial charge is 0.290 e. The molecule has 5 nitrogen and oxygen atoms in total. The molecule has 1 atom stereocenters. The largest absolute Gasteiger partial charge is 0.503 e. The Hall–Kier alpha value is -3.25. The van der Waals surface area contributed by atoms with E-state index in [4.69, 9.17) is 0 Å². The predicted molar refractivity (Wildman–Crippen MR) is 116 cm³/mol. The van der Waals surface area contributed by atoms with Crippen LogP contribution in [0.15, 0.2) is 77.6 Å². The molecule has 3 aromatic rings. The van der Waals surface area contributed by atoms with Crippen molar-refractivity contribution in [3.63, 3.8) is 0 Å². The van der Waals surface area contributed by atoms with E-state index in [1.165, 1.54) is 16.9 Å². The number of carbonyl (C=O) groups is 2. The Balaban J connectivity index is 1.78. The third-order valence-corrected chi connectivity index (χ3v) is 6.18. The predicted octanol–water partition coefficient (Wildman–Crippen LogP) is 5.05. The lowest BCUT2D eigenvalue weighted by atomic mass is 9.93. The standard InChI is InChI=1S/C24H22N2O3S/c1-15(2)17-5-7-18(8-6-17)21-20(22(27)19-4-3-13-30-19)23(28)24(29)26(21)14-16-9-11-25-12-10-16/h3-13,15,21,28H,14H2,1-2H3. The van der Waals surface area contributed by atoms with Crippen LogP contribution in [0.3, 0.4) is 0 Å². The minimum absolute atomic E-state index is 0.133. The third-order valence-electron chi connectivity index (χ3n) is 5.31. The van der Waals surface area contributed by atoms with Gasteiger partial charge in [0.15, 0.2) is 5.76 Å². The molecule has 0 radical (unpaired) electrons. The summed E-state index contributed by atoms with van der Waals surface area (Å²) in [5.74, 6) is -0.954. The van der Waals surface area contributed by atoms with E-state index >= 15 is 0 Å². The van der Waals surface area contributed by atoms with Crippen molar-refractivity contribution in [3.8, 4) is 0 Å². The molecule has 152 valence electrons. The first-order valence-electron chi connectivity index (χ1n) is 9.78. The number of aliphatic hydroxyl groups excluding tert-OH is 1. The summed E-state index contributed by atoms with van der Waals surface area (Å²) in [6.45, 7) is 4.49. The van der Waals surface area contributed by atoms with Gasteiger partial charge in [0.25, 0.3) is 5.91 Å². The lowest BCUT2D eigenvalue weighted by Crippen LogP contribution is -2.30. The molecule has 2 aromatic heterocycles. The van der Waals surface area contributed by atoms with Gasteiger partial charge in [-0.3, -0.25) is 14.6 Å². The Kier molecular flexibility index (Phi) is 5.50. The number of hydrogen-bond donors (Lipinski definition) is 1. The van der Waals surface area contributed by atoms with Crippen molar-refractivity contribution in [3.05, 3.63) is 99.2 Å². The van der Waals surface area contributed by atoms with Gasteiger partial charge in [-0.1, -0.05) is 44.2 Å². The SMILES string of the molecule is CC(C)c1ccc(C2C(C(=O)c3cccs3)=C(O)C(=O)N2Cc2ccncc2)cc1. The van der Waals surface area contributed by atoms with Gasteiger partial charge in [-0.15, -0.1) is 11.3 Å². The van der Waals surface area contributed by atoms with Crippen LogP contribution in [0.1, 0.15) is 52.2 Å². The highest BCUT2D eigenvalue weighted by atomic mass is 32.1. The van der Waals surface area contributed by atoms with Gasteiger partial charge in [0.2, 0.25) is 5.78 Å². The third kappa shape index (κ3) is 3.66. The molecule has 0 aliphatic carbocycles. The molecule has 0 bridgehead atoms. The maximum absolute atomic E-state index is 13.2. The van der Waals surface area contributed by atoms with Gasteiger partial charge in [-0.2, -0.15) is 0 Å². The van der Waals surface area contributed by atoms with Crippen LogP contribution in [0, 0.1) is 0 Å². The van der Waals surface area contributed by atoms with E-state index in [2.05, 4.69) is 18.8 Å². The Bertz CT molecular complexity index is 1090. The number of pyridine rings is 1. The van der Waals surface area contributed by atoms with Crippen molar-refractivity contribution >= 4 is 23.0 Å². The summed E-state index contributed by atoms with van der Waals surface area (Å²) >= 11 is 1.30. The van der Waals surface area contributed by atoms with Gasteiger partial charge < -0.3 is 10.0 Å². The van der Waals surface area contributed by atoms with Gasteiger partial charge in [0.05, 0.1) is 16.5 Å². The van der Waals surface area contributed by atoms with E-state index in [0.717, 1.165) is 11.1 Å². The number of carbonyl (C=O) groups excluding carboxylic acids is 2. The first-order chi connectivity index (χ1) is 14.5. The topological polar surface area (TPSA) is 70.5 Å². The van der Waals surface area contributed by atoms with E-state index in [9.17, 15) is 14.7 Å². The molecule has 0 saturated heterocycles. The minimum atomic E-state index is -0.651. The molecule has 0 spiro atoms. The molecule has 0 fully saturated rings. The summed E-state index contributed by atoms with van der Waals surface area (Å²) in [7, 11) is 0. The normalized spacial score (nSPS) is 16.6. The molecule has 0 saturated carbocycles. The average Bonchev–Trinajstić information content (AvgIpc) is 3.37. The molecule has 1 aromatic carbocycles. The molecule has 1 aliphatic rings. The molecular formula is C24H22N2O3S. The summed E-state index contributed by atoms with van der Waals surface area (Å²) in [4.78, 5) is 32.3. The summed E-state index contributed by atoms with van der Waals surface area (Å²) < 4.78 is 0. The van der Waals surface area contributed by atoms with E-state index in [-0.39, 0.29) is 17.9 Å². The second-order valence-electron chi connectivity index (χ2n) is 7.58. The molecule has 6 heteroatoms. The minimum Gasteiger partial charge on any atom is -0.503 e. The highest BCUT2D eigenvalue weighted by molar-refractivity contribution is 7.12. The molecule has 1 amide bonds. The number of aromatic nitrogens is 1. The number of benzene rings is 1. The van der Waals surface area contributed by atoms with Gasteiger partial charge in [-0.25, -0.2) is 0 Å². The fourth-order valence-electron chi connectivity index (χ4n) is 3.68. The molecular weight excluding hydrogens is 396 g/mol. The fourth-order valence-corrected chi connectivity index (χ4v) is 4.36. The van der Waals surface area contributed by atoms with Gasteiger partial charge in [0.1, 0.15) is 0 Å². The van der Waals surface area contributed by atoms with Gasteiger partial charge in [0, 0.05) is 18.9 Å². The molecule has 3 heterocycles. The summed E-state index contributed by atoms with van der Waals surface area (Å²) in [5.41, 5.74) is 2.97. The summed E-state index contributed by atoms with van der Waals surface area (Å²) in [5, 5.41) is 12.5. The monoisotopic (exact) mass is 418 g/mol. The maximum Gasteiger partial charge on any atom is 0.290 e. The van der Waals surface area contributed by atoms with E-state index < -0.39 is 17.7 Å². The average molecular weight is 419 g/mol. The van der Waals surface area contributed by atoms with Crippen molar-refractivity contribution in [2.24, 2.45) is 0 Å².